The van der Waals surface area contributed by atoms with Gasteiger partial charge in [0.25, 0.3) is 0 Å². The molecule has 1 amide bonds. The third-order valence-corrected chi connectivity index (χ3v) is 5.78. The summed E-state index contributed by atoms with van der Waals surface area (Å²) in [6, 6.07) is 9.92. The molecular weight excluding hydrogens is 378 g/mol. The number of nitrogens with zero attached hydrogens (tertiary/aromatic N) is 2. The van der Waals surface area contributed by atoms with Crippen LogP contribution in [0.25, 0.3) is 0 Å². The van der Waals surface area contributed by atoms with Crippen molar-refractivity contribution in [3.8, 4) is 0 Å². The highest BCUT2D eigenvalue weighted by Crippen LogP contribution is 2.25. The number of nitrogens with one attached hydrogen (secondary N) is 1. The van der Waals surface area contributed by atoms with Crippen molar-refractivity contribution < 1.29 is 14.3 Å². The van der Waals surface area contributed by atoms with Crippen LogP contribution < -0.4 is 5.32 Å². The van der Waals surface area contributed by atoms with Crippen LogP contribution in [-0.4, -0.2) is 27.5 Å². The van der Waals surface area contributed by atoms with E-state index >= 15 is 0 Å². The zero-order valence-electron chi connectivity index (χ0n) is 18.0. The summed E-state index contributed by atoms with van der Waals surface area (Å²) in [5.74, 6) is 0.622. The summed E-state index contributed by atoms with van der Waals surface area (Å²) in [5.41, 5.74) is 1.20. The lowest BCUT2D eigenvalue weighted by atomic mass is 10.1. The van der Waals surface area contributed by atoms with Crippen molar-refractivity contribution in [2.75, 3.05) is 0 Å². The van der Waals surface area contributed by atoms with Crippen LogP contribution in [0.5, 0.6) is 0 Å². The highest BCUT2D eigenvalue weighted by Gasteiger charge is 2.26. The van der Waals surface area contributed by atoms with Crippen LogP contribution in [0.4, 0.5) is 0 Å². The van der Waals surface area contributed by atoms with E-state index in [0.29, 0.717) is 6.42 Å². The first-order valence-electron chi connectivity index (χ1n) is 11.1. The van der Waals surface area contributed by atoms with E-state index in [2.05, 4.69) is 22.4 Å². The van der Waals surface area contributed by atoms with Gasteiger partial charge < -0.3 is 14.6 Å². The van der Waals surface area contributed by atoms with Gasteiger partial charge in [-0.25, -0.2) is 4.98 Å². The fraction of sp³-hybridized carbons (Fsp3) is 0.542. The number of carbonyl (C=O) groups excluding carboxylic acids is 2. The third-order valence-electron chi connectivity index (χ3n) is 5.78. The maximum atomic E-state index is 12.7. The Bertz CT molecular complexity index is 812. The summed E-state index contributed by atoms with van der Waals surface area (Å²) in [7, 11) is 0. The van der Waals surface area contributed by atoms with Crippen molar-refractivity contribution in [1.82, 2.24) is 14.9 Å². The van der Waals surface area contributed by atoms with Crippen molar-refractivity contribution in [2.24, 2.45) is 5.92 Å². The molecule has 1 aromatic carbocycles. The first-order chi connectivity index (χ1) is 14.6. The average molecular weight is 412 g/mol. The molecule has 1 heterocycles. The number of amides is 1. The number of benzene rings is 1. The number of carbonyl (C=O) groups is 2. The van der Waals surface area contributed by atoms with Gasteiger partial charge in [-0.05, 0) is 45.1 Å². The maximum Gasteiger partial charge on any atom is 0.308 e. The molecule has 1 aliphatic carbocycles. The molecule has 2 atom stereocenters. The molecule has 2 unspecified atom stereocenters. The van der Waals surface area contributed by atoms with Crippen LogP contribution in [0.15, 0.2) is 42.7 Å². The van der Waals surface area contributed by atoms with E-state index in [4.69, 9.17) is 4.74 Å². The number of aromatic nitrogens is 2. The van der Waals surface area contributed by atoms with Crippen molar-refractivity contribution >= 4 is 11.9 Å². The molecule has 0 bridgehead atoms. The predicted octanol–water partition coefficient (Wildman–Crippen LogP) is 4.21. The number of hydrogen-bond donors (Lipinski definition) is 1. The molecule has 2 aromatic rings. The third kappa shape index (κ3) is 6.18. The molecule has 0 aliphatic heterocycles. The lowest BCUT2D eigenvalue weighted by Gasteiger charge is -2.21. The molecule has 1 N–H and O–H groups in total. The maximum absolute atomic E-state index is 12.7. The van der Waals surface area contributed by atoms with Gasteiger partial charge in [-0.1, -0.05) is 43.2 Å². The first-order valence-corrected chi connectivity index (χ1v) is 11.1. The van der Waals surface area contributed by atoms with E-state index in [1.807, 2.05) is 42.8 Å². The van der Waals surface area contributed by atoms with Gasteiger partial charge >= 0.3 is 5.97 Å². The topological polar surface area (TPSA) is 73.2 Å². The number of rotatable bonds is 10. The lowest BCUT2D eigenvalue weighted by Crippen LogP contribution is -2.38. The Balaban J connectivity index is 1.58. The lowest BCUT2D eigenvalue weighted by molar-refractivity contribution is -0.151. The van der Waals surface area contributed by atoms with Crippen LogP contribution in [-0.2, 0) is 27.3 Å². The van der Waals surface area contributed by atoms with E-state index in [9.17, 15) is 9.59 Å². The number of esters is 1. The van der Waals surface area contributed by atoms with Gasteiger partial charge in [0.05, 0.1) is 6.42 Å². The fourth-order valence-corrected chi connectivity index (χ4v) is 4.12. The van der Waals surface area contributed by atoms with Gasteiger partial charge in [-0.2, -0.15) is 0 Å². The van der Waals surface area contributed by atoms with Crippen LogP contribution in [0.3, 0.4) is 0 Å². The fourth-order valence-electron chi connectivity index (χ4n) is 4.12. The monoisotopic (exact) mass is 411 g/mol. The number of aryl methyl sites for hydroxylation is 2. The summed E-state index contributed by atoms with van der Waals surface area (Å²) in [5, 5.41) is 2.98. The second-order valence-electron chi connectivity index (χ2n) is 8.17. The van der Waals surface area contributed by atoms with Crippen molar-refractivity contribution in [3.63, 3.8) is 0 Å². The summed E-state index contributed by atoms with van der Waals surface area (Å²) in [6.45, 7) is 4.67. The smallest absolute Gasteiger partial charge is 0.308 e. The second-order valence-corrected chi connectivity index (χ2v) is 8.17. The van der Waals surface area contributed by atoms with Gasteiger partial charge in [-0.15, -0.1) is 0 Å². The van der Waals surface area contributed by atoms with Crippen molar-refractivity contribution in [1.29, 1.82) is 0 Å². The van der Waals surface area contributed by atoms with E-state index in [1.54, 1.807) is 6.20 Å². The van der Waals surface area contributed by atoms with Crippen LogP contribution in [0, 0.1) is 5.92 Å². The standard InChI is InChI=1S/C24H33N3O3/c1-3-27-16-15-25-23(27)21(14-13-19-9-5-4-6-10-19)30-22(28)17-18(2)26-24(29)20-11-7-8-12-20/h4-6,9-10,15-16,18,20-21H,3,7-8,11-14,17H2,1-2H3,(H,26,29). The van der Waals surface area contributed by atoms with Crippen molar-refractivity contribution in [3.05, 3.63) is 54.1 Å². The molecule has 6 nitrogen and oxygen atoms in total. The Hall–Kier alpha value is -2.63. The molecule has 3 rings (SSSR count). The van der Waals surface area contributed by atoms with Crippen molar-refractivity contribution in [2.45, 2.75) is 77.5 Å². The second kappa shape index (κ2) is 11.0. The zero-order valence-corrected chi connectivity index (χ0v) is 18.0. The van der Waals surface area contributed by atoms with Crippen LogP contribution >= 0.6 is 0 Å². The van der Waals surface area contributed by atoms with Gasteiger partial charge in [0.15, 0.2) is 6.10 Å². The summed E-state index contributed by atoms with van der Waals surface area (Å²) >= 11 is 0. The Morgan fingerprint density at radius 3 is 2.67 bits per heavy atom. The molecule has 1 aromatic heterocycles. The van der Waals surface area contributed by atoms with Gasteiger partial charge in [-0.3, -0.25) is 9.59 Å². The van der Waals surface area contributed by atoms with Crippen LogP contribution in [0.1, 0.15) is 69.9 Å². The van der Waals surface area contributed by atoms with Gasteiger partial charge in [0.2, 0.25) is 5.91 Å². The van der Waals surface area contributed by atoms with Crippen LogP contribution in [0.2, 0.25) is 0 Å². The summed E-state index contributed by atoms with van der Waals surface area (Å²) in [6.07, 6.45) is 8.98. The Kier molecular flexibility index (Phi) is 8.05. The minimum atomic E-state index is -0.412. The number of ether oxygens (including phenoxy) is 1. The zero-order chi connectivity index (χ0) is 21.3. The minimum Gasteiger partial charge on any atom is -0.454 e. The van der Waals surface area contributed by atoms with Gasteiger partial charge in [0.1, 0.15) is 5.82 Å². The Morgan fingerprint density at radius 2 is 1.97 bits per heavy atom. The largest absolute Gasteiger partial charge is 0.454 e. The molecule has 6 heteroatoms. The number of imidazole rings is 1. The quantitative estimate of drug-likeness (QED) is 0.595. The minimum absolute atomic E-state index is 0.0648. The summed E-state index contributed by atoms with van der Waals surface area (Å²) < 4.78 is 7.87. The normalized spacial score (nSPS) is 16.2. The first kappa shape index (κ1) is 22.1. The molecule has 1 aliphatic rings. The SMILES string of the molecule is CCn1ccnc1C(CCc1ccccc1)OC(=O)CC(C)NC(=O)C1CCCC1. The molecule has 162 valence electrons. The van der Waals surface area contributed by atoms with E-state index < -0.39 is 6.10 Å². The molecule has 1 saturated carbocycles. The average Bonchev–Trinajstić information content (AvgIpc) is 3.43. The number of hydrogen-bond acceptors (Lipinski definition) is 4. The molecular formula is C24H33N3O3. The van der Waals surface area contributed by atoms with Gasteiger partial charge in [0, 0.05) is 30.9 Å². The molecule has 30 heavy (non-hydrogen) atoms. The van der Waals surface area contributed by atoms with E-state index in [-0.39, 0.29) is 30.3 Å². The molecule has 0 saturated heterocycles. The predicted molar refractivity (Wildman–Crippen MR) is 116 cm³/mol. The highest BCUT2D eigenvalue weighted by atomic mass is 16.5. The highest BCUT2D eigenvalue weighted by molar-refractivity contribution is 5.80. The molecule has 0 spiro atoms. The Labute approximate surface area is 179 Å². The molecule has 0 radical (unpaired) electrons. The Morgan fingerprint density at radius 1 is 1.23 bits per heavy atom. The summed E-state index contributed by atoms with van der Waals surface area (Å²) in [4.78, 5) is 29.4. The molecule has 1 fully saturated rings. The van der Waals surface area contributed by atoms with E-state index in [1.165, 1.54) is 5.56 Å². The van der Waals surface area contributed by atoms with E-state index in [0.717, 1.165) is 44.5 Å².